The summed E-state index contributed by atoms with van der Waals surface area (Å²) < 4.78 is 12.9. The first kappa shape index (κ1) is 8.10. The van der Waals surface area contributed by atoms with E-state index in [1.54, 1.807) is 0 Å². The number of rotatable bonds is 2. The van der Waals surface area contributed by atoms with Crippen LogP contribution in [0.25, 0.3) is 0 Å². The lowest BCUT2D eigenvalue weighted by Crippen LogP contribution is -1.99. The summed E-state index contributed by atoms with van der Waals surface area (Å²) in [7, 11) is 0. The minimum Gasteiger partial charge on any atom is -0.258 e. The van der Waals surface area contributed by atoms with Crippen molar-refractivity contribution >= 4 is 5.69 Å². The molecule has 0 amide bonds. The van der Waals surface area contributed by atoms with E-state index in [9.17, 15) is 14.5 Å². The number of nitro groups is 1. The number of nitrogens with zero attached hydrogens (tertiary/aromatic N) is 2. The van der Waals surface area contributed by atoms with Crippen molar-refractivity contribution in [2.45, 2.75) is 18.8 Å². The summed E-state index contributed by atoms with van der Waals surface area (Å²) in [5.41, 5.74) is 0.0301. The molecule has 0 atom stereocenters. The van der Waals surface area contributed by atoms with Crippen LogP contribution in [0.1, 0.15) is 24.3 Å². The molecule has 0 bridgehead atoms. The molecule has 1 aliphatic rings. The minimum absolute atomic E-state index is 0.165. The van der Waals surface area contributed by atoms with Crippen LogP contribution in [0.3, 0.4) is 0 Å². The van der Waals surface area contributed by atoms with Crippen LogP contribution in [0.15, 0.2) is 12.3 Å². The quantitative estimate of drug-likeness (QED) is 0.399. The van der Waals surface area contributed by atoms with Gasteiger partial charge in [-0.05, 0) is 24.8 Å². The van der Waals surface area contributed by atoms with Gasteiger partial charge < -0.3 is 0 Å². The molecule has 1 aliphatic carbocycles. The van der Waals surface area contributed by atoms with Gasteiger partial charge in [-0.3, -0.25) is 10.1 Å². The Morgan fingerprint density at radius 3 is 2.85 bits per heavy atom. The van der Waals surface area contributed by atoms with Crippen molar-refractivity contribution in [3.05, 3.63) is 33.9 Å². The Bertz CT molecular complexity index is 363. The maximum absolute atomic E-state index is 12.9. The Morgan fingerprint density at radius 2 is 2.31 bits per heavy atom. The van der Waals surface area contributed by atoms with E-state index in [-0.39, 0.29) is 5.92 Å². The Labute approximate surface area is 73.6 Å². The summed E-state index contributed by atoms with van der Waals surface area (Å²) in [4.78, 5) is 13.1. The fraction of sp³-hybridized carbons (Fsp3) is 0.375. The summed E-state index contributed by atoms with van der Waals surface area (Å²) >= 11 is 0. The lowest BCUT2D eigenvalue weighted by molar-refractivity contribution is -0.388. The third-order valence-electron chi connectivity index (χ3n) is 2.11. The van der Waals surface area contributed by atoms with Gasteiger partial charge in [-0.25, -0.2) is 4.98 Å². The third kappa shape index (κ3) is 1.37. The first-order chi connectivity index (χ1) is 6.20. The van der Waals surface area contributed by atoms with Gasteiger partial charge >= 0.3 is 5.69 Å². The number of halogens is 1. The van der Waals surface area contributed by atoms with Crippen LogP contribution in [-0.2, 0) is 0 Å². The Hall–Kier alpha value is -1.52. The average Bonchev–Trinajstić information content (AvgIpc) is 2.85. The molecule has 13 heavy (non-hydrogen) atoms. The molecule has 0 radical (unpaired) electrons. The van der Waals surface area contributed by atoms with E-state index in [1.165, 1.54) is 12.3 Å². The molecule has 0 spiro atoms. The molecule has 68 valence electrons. The van der Waals surface area contributed by atoms with Gasteiger partial charge in [-0.15, -0.1) is 0 Å². The smallest absolute Gasteiger partial charge is 0.258 e. The molecule has 0 N–H and O–H groups in total. The first-order valence-electron chi connectivity index (χ1n) is 3.99. The molecule has 0 aliphatic heterocycles. The molecule has 1 aromatic rings. The number of pyridine rings is 1. The van der Waals surface area contributed by atoms with Crippen LogP contribution in [0.5, 0.6) is 0 Å². The lowest BCUT2D eigenvalue weighted by Gasteiger charge is -1.99. The van der Waals surface area contributed by atoms with E-state index in [0.29, 0.717) is 5.56 Å². The summed E-state index contributed by atoms with van der Waals surface area (Å²) in [6, 6.07) is 1.53. The largest absolute Gasteiger partial charge is 0.327 e. The normalized spacial score (nSPS) is 15.8. The number of hydrogen-bond donors (Lipinski definition) is 0. The Balaban J connectivity index is 2.53. The van der Waals surface area contributed by atoms with Crippen molar-refractivity contribution in [1.29, 1.82) is 0 Å². The summed E-state index contributed by atoms with van der Waals surface area (Å²) in [6.45, 7) is 0. The highest BCUT2D eigenvalue weighted by molar-refractivity contribution is 5.42. The van der Waals surface area contributed by atoms with Crippen LogP contribution in [0.2, 0.25) is 0 Å². The van der Waals surface area contributed by atoms with Crippen LogP contribution in [0, 0.1) is 16.1 Å². The van der Waals surface area contributed by atoms with Crippen molar-refractivity contribution in [3.8, 4) is 0 Å². The molecule has 1 heterocycles. The van der Waals surface area contributed by atoms with Gasteiger partial charge in [-0.2, -0.15) is 4.39 Å². The van der Waals surface area contributed by atoms with Gasteiger partial charge in [0, 0.05) is 11.8 Å². The zero-order valence-corrected chi connectivity index (χ0v) is 6.74. The fourth-order valence-corrected chi connectivity index (χ4v) is 1.35. The highest BCUT2D eigenvalue weighted by Crippen LogP contribution is 2.44. The molecule has 2 rings (SSSR count). The van der Waals surface area contributed by atoms with Gasteiger partial charge in [0.25, 0.3) is 5.95 Å². The highest BCUT2D eigenvalue weighted by atomic mass is 19.1. The second kappa shape index (κ2) is 2.76. The zero-order valence-electron chi connectivity index (χ0n) is 6.74. The second-order valence-corrected chi connectivity index (χ2v) is 3.07. The molecule has 0 aromatic carbocycles. The molecule has 1 aromatic heterocycles. The number of aromatic nitrogens is 1. The fourth-order valence-electron chi connectivity index (χ4n) is 1.35. The first-order valence-corrected chi connectivity index (χ1v) is 3.99. The minimum atomic E-state index is -0.977. The van der Waals surface area contributed by atoms with E-state index in [4.69, 9.17) is 0 Å². The van der Waals surface area contributed by atoms with Crippen LogP contribution in [-0.4, -0.2) is 9.91 Å². The molecule has 1 fully saturated rings. The summed E-state index contributed by atoms with van der Waals surface area (Å²) in [5, 5.41) is 10.5. The van der Waals surface area contributed by atoms with Crippen molar-refractivity contribution in [1.82, 2.24) is 4.98 Å². The summed E-state index contributed by atoms with van der Waals surface area (Å²) in [5.74, 6) is -0.813. The zero-order chi connectivity index (χ0) is 9.42. The van der Waals surface area contributed by atoms with Gasteiger partial charge in [0.15, 0.2) is 0 Å². The maximum Gasteiger partial charge on any atom is 0.327 e. The topological polar surface area (TPSA) is 56.0 Å². The van der Waals surface area contributed by atoms with Crippen molar-refractivity contribution in [2.75, 3.05) is 0 Å². The predicted molar refractivity (Wildman–Crippen MR) is 42.8 cm³/mol. The highest BCUT2D eigenvalue weighted by Gasteiger charge is 2.33. The van der Waals surface area contributed by atoms with Crippen LogP contribution >= 0.6 is 0 Å². The Kier molecular flexibility index (Phi) is 1.72. The van der Waals surface area contributed by atoms with Gasteiger partial charge in [0.1, 0.15) is 0 Å². The SMILES string of the molecule is O=[N+]([O-])c1c(C2CC2)ccnc1F. The van der Waals surface area contributed by atoms with Gasteiger partial charge in [0.2, 0.25) is 0 Å². The number of hydrogen-bond acceptors (Lipinski definition) is 3. The second-order valence-electron chi connectivity index (χ2n) is 3.07. The molecule has 4 nitrogen and oxygen atoms in total. The molecule has 0 saturated heterocycles. The monoisotopic (exact) mass is 182 g/mol. The molecular formula is C8H7FN2O2. The predicted octanol–water partition coefficient (Wildman–Crippen LogP) is 2.01. The van der Waals surface area contributed by atoms with E-state index in [1.807, 2.05) is 0 Å². The molecule has 5 heteroatoms. The van der Waals surface area contributed by atoms with Crippen LogP contribution in [0.4, 0.5) is 10.1 Å². The van der Waals surface area contributed by atoms with Crippen molar-refractivity contribution in [2.24, 2.45) is 0 Å². The van der Waals surface area contributed by atoms with Crippen molar-refractivity contribution in [3.63, 3.8) is 0 Å². The van der Waals surface area contributed by atoms with Gasteiger partial charge in [0.05, 0.1) is 4.92 Å². The van der Waals surface area contributed by atoms with E-state index < -0.39 is 16.6 Å². The summed E-state index contributed by atoms with van der Waals surface area (Å²) in [6.07, 6.45) is 3.09. The van der Waals surface area contributed by atoms with E-state index in [2.05, 4.69) is 4.98 Å². The standard InChI is InChI=1S/C8H7FN2O2/c9-8-7(11(12)13)6(3-4-10-8)5-1-2-5/h3-5H,1-2H2. The molecule has 1 saturated carbocycles. The van der Waals surface area contributed by atoms with Crippen LogP contribution < -0.4 is 0 Å². The lowest BCUT2D eigenvalue weighted by atomic mass is 10.1. The Morgan fingerprint density at radius 1 is 1.62 bits per heavy atom. The molecule has 0 unspecified atom stereocenters. The molecular weight excluding hydrogens is 175 g/mol. The van der Waals surface area contributed by atoms with E-state index >= 15 is 0 Å². The third-order valence-corrected chi connectivity index (χ3v) is 2.11. The van der Waals surface area contributed by atoms with E-state index in [0.717, 1.165) is 12.8 Å². The van der Waals surface area contributed by atoms with Crippen molar-refractivity contribution < 1.29 is 9.31 Å². The average molecular weight is 182 g/mol. The maximum atomic E-state index is 12.9. The van der Waals surface area contributed by atoms with Gasteiger partial charge in [-0.1, -0.05) is 0 Å².